The summed E-state index contributed by atoms with van der Waals surface area (Å²) in [7, 11) is 9.59. The zero-order chi connectivity index (χ0) is 25.5. The van der Waals surface area contributed by atoms with Crippen molar-refractivity contribution < 1.29 is 18.8 Å². The van der Waals surface area contributed by atoms with E-state index >= 15 is 0 Å². The molecule has 5 nitrogen and oxygen atoms in total. The van der Waals surface area contributed by atoms with Gasteiger partial charge in [0.1, 0.15) is 0 Å². The maximum absolute atomic E-state index is 5.18. The first-order chi connectivity index (χ1) is 16.0. The Hall–Kier alpha value is 1.60. The van der Waals surface area contributed by atoms with Crippen LogP contribution in [0.15, 0.2) is 0 Å². The first-order valence-electron chi connectivity index (χ1n) is 12.5. The van der Waals surface area contributed by atoms with Crippen LogP contribution in [0.1, 0.15) is 72.9 Å². The molecular weight excluding hydrogens is 548 g/mol. The minimum Gasteiger partial charge on any atom is 0 e. The van der Waals surface area contributed by atoms with Crippen LogP contribution in [-0.4, -0.2) is 84.4 Å². The minimum atomic E-state index is 0. The molecule has 0 aromatic carbocycles. The molecule has 0 amide bonds. The summed E-state index contributed by atoms with van der Waals surface area (Å²) in [5.41, 5.74) is 0. The summed E-state index contributed by atoms with van der Waals surface area (Å²) >= 11 is 4.01. The summed E-state index contributed by atoms with van der Waals surface area (Å²) in [5.74, 6) is 2.09. The SMILES string of the molecule is CC(C)(C)SC[C@H]1C[N-][C@@H]2CCCC[C@H]2[N-]C[C@H](CSC(C)(C)C)[N-]CC[N-]CC[N-]1.[Cl][Mn][Cl].[HH].[HH].[HH].[HH]. The molecule has 213 valence electrons. The summed E-state index contributed by atoms with van der Waals surface area (Å²) in [6, 6.07) is 1.34. The molecule has 1 aliphatic heterocycles. The Morgan fingerprint density at radius 3 is 1.44 bits per heavy atom. The van der Waals surface area contributed by atoms with Gasteiger partial charge < -0.3 is 26.6 Å². The van der Waals surface area contributed by atoms with Gasteiger partial charge >= 0.3 is 33.3 Å². The van der Waals surface area contributed by atoms with Crippen LogP contribution in [0.3, 0.4) is 0 Å². The smallest absolute Gasteiger partial charge is 0 e. The van der Waals surface area contributed by atoms with E-state index in [1.165, 1.54) is 25.7 Å². The van der Waals surface area contributed by atoms with E-state index in [4.69, 9.17) is 41.5 Å². The molecule has 4 atom stereocenters. The van der Waals surface area contributed by atoms with Crippen LogP contribution in [0.4, 0.5) is 0 Å². The van der Waals surface area contributed by atoms with Crippen LogP contribution in [0.5, 0.6) is 0 Å². The second-order valence-electron chi connectivity index (χ2n) is 10.8. The fraction of sp³-hybridized carbons (Fsp3) is 1.00. The van der Waals surface area contributed by atoms with E-state index in [0.29, 0.717) is 24.2 Å². The van der Waals surface area contributed by atoms with Gasteiger partial charge in [-0.2, -0.15) is 74.9 Å². The molecule has 2 fully saturated rings. The second kappa shape index (κ2) is 18.8. The molecule has 0 spiro atoms. The zero-order valence-electron chi connectivity index (χ0n) is 22.0. The number of rotatable bonds is 4. The summed E-state index contributed by atoms with van der Waals surface area (Å²) in [6.45, 7) is 18.6. The van der Waals surface area contributed by atoms with Crippen molar-refractivity contribution in [2.24, 2.45) is 0 Å². The molecule has 1 aliphatic carbocycles. The van der Waals surface area contributed by atoms with E-state index in [1.807, 2.05) is 23.5 Å². The first kappa shape index (κ1) is 33.6. The fourth-order valence-corrected chi connectivity index (χ4v) is 5.59. The van der Waals surface area contributed by atoms with Crippen molar-refractivity contribution in [2.75, 3.05) is 50.8 Å². The Morgan fingerprint density at radius 1 is 0.706 bits per heavy atom. The van der Waals surface area contributed by atoms with Crippen LogP contribution in [0, 0.1) is 0 Å². The molecule has 0 radical (unpaired) electrons. The first-order valence-corrected chi connectivity index (χ1v) is 17.7. The third kappa shape index (κ3) is 18.0. The monoisotopic (exact) mass is 601 g/mol. The number of fused-ring (bicyclic) bond motifs is 1. The van der Waals surface area contributed by atoms with Crippen LogP contribution in [0.2, 0.25) is 0 Å². The molecule has 0 unspecified atom stereocenters. The van der Waals surface area contributed by atoms with Crippen molar-refractivity contribution >= 4 is 43.7 Å². The topological polar surface area (TPSA) is 70.5 Å². The Bertz CT molecular complexity index is 485. The van der Waals surface area contributed by atoms with E-state index in [0.717, 1.165) is 50.8 Å². The fourth-order valence-electron chi connectivity index (χ4n) is 3.78. The van der Waals surface area contributed by atoms with Gasteiger partial charge in [0.05, 0.1) is 0 Å². The summed E-state index contributed by atoms with van der Waals surface area (Å²) in [5, 5.41) is 25.0. The molecule has 1 heterocycles. The molecule has 2 rings (SSSR count). The summed E-state index contributed by atoms with van der Waals surface area (Å²) < 4.78 is 0.530. The molecular formula is C24H54Cl2MnN5S2-5. The van der Waals surface area contributed by atoms with Crippen LogP contribution >= 0.6 is 43.7 Å². The second-order valence-corrected chi connectivity index (χ2v) is 16.5. The number of hydrogen-bond acceptors (Lipinski definition) is 2. The van der Waals surface area contributed by atoms with Gasteiger partial charge in [0, 0.05) is 15.2 Å². The minimum absolute atomic E-state index is 0. The van der Waals surface area contributed by atoms with Crippen LogP contribution in [-0.2, 0) is 13.1 Å². The molecule has 34 heavy (non-hydrogen) atoms. The largest absolute Gasteiger partial charge is 0 e. The van der Waals surface area contributed by atoms with Crippen molar-refractivity contribution in [1.29, 1.82) is 0 Å². The van der Waals surface area contributed by atoms with E-state index < -0.39 is 0 Å². The van der Waals surface area contributed by atoms with Crippen molar-refractivity contribution in [1.82, 2.24) is 0 Å². The van der Waals surface area contributed by atoms with Gasteiger partial charge in [-0.3, -0.25) is 0 Å². The molecule has 2 aliphatic rings. The number of hydrogen-bond donors (Lipinski definition) is 0. The number of thioether (sulfide) groups is 2. The third-order valence-electron chi connectivity index (χ3n) is 5.50. The van der Waals surface area contributed by atoms with E-state index in [9.17, 15) is 0 Å². The quantitative estimate of drug-likeness (QED) is 0.301. The van der Waals surface area contributed by atoms with Gasteiger partial charge in [-0.1, -0.05) is 67.2 Å². The van der Waals surface area contributed by atoms with Gasteiger partial charge in [0.25, 0.3) is 0 Å². The Balaban J connectivity index is -0.000000787. The summed E-state index contributed by atoms with van der Waals surface area (Å²) in [4.78, 5) is 0. The maximum Gasteiger partial charge on any atom is 0 e. The van der Waals surface area contributed by atoms with Crippen molar-refractivity contribution in [2.45, 2.75) is 101 Å². The molecule has 0 aromatic heterocycles. The van der Waals surface area contributed by atoms with Crippen LogP contribution < -0.4 is 0 Å². The van der Waals surface area contributed by atoms with Gasteiger partial charge in [0.15, 0.2) is 0 Å². The van der Waals surface area contributed by atoms with Gasteiger partial charge in [0.2, 0.25) is 0 Å². The Labute approximate surface area is 239 Å². The number of nitrogens with zero attached hydrogens (tertiary/aromatic N) is 5. The van der Waals surface area contributed by atoms with E-state index in [1.54, 1.807) is 0 Å². The predicted molar refractivity (Wildman–Crippen MR) is 164 cm³/mol. The molecule has 10 heteroatoms. The normalized spacial score (nSPS) is 28.6. The predicted octanol–water partition coefficient (Wildman–Crippen LogP) is 9.34. The third-order valence-corrected chi connectivity index (χ3v) is 8.34. The molecule has 0 N–H and O–H groups in total. The summed E-state index contributed by atoms with van der Waals surface area (Å²) in [6.07, 6.45) is 4.93. The van der Waals surface area contributed by atoms with Crippen LogP contribution in [0.25, 0.3) is 26.6 Å². The molecule has 1 saturated carbocycles. The average Bonchev–Trinajstić information content (AvgIpc) is 2.75. The molecule has 0 bridgehead atoms. The molecule has 1 saturated heterocycles. The Kier molecular flexibility index (Phi) is 18.6. The van der Waals surface area contributed by atoms with Crippen molar-refractivity contribution in [3.05, 3.63) is 26.6 Å². The number of halogens is 2. The van der Waals surface area contributed by atoms with Crippen molar-refractivity contribution in [3.8, 4) is 0 Å². The molecule has 0 aromatic rings. The average molecular weight is 603 g/mol. The van der Waals surface area contributed by atoms with Gasteiger partial charge in [-0.15, -0.1) is 12.1 Å². The van der Waals surface area contributed by atoms with Crippen molar-refractivity contribution in [3.63, 3.8) is 0 Å². The standard InChI is InChI=1S/C24H46N5S2.2ClH.Mn.4H2/c1-23(2,3)30-17-19-15-28-21-9-7-8-10-22(21)29-16-20(18-31-24(4,5)6)27-14-12-25-11-13-26-19;;;;;;;/h19-22H,7-18H2,1-6H3;2*1H;;4*1H/q-5;;;+2;;;;/p-2/t19-,20-,21-,22-;;;;;;;/m1......./s1. The van der Waals surface area contributed by atoms with E-state index in [-0.39, 0.29) is 28.3 Å². The van der Waals surface area contributed by atoms with Gasteiger partial charge in [-0.25, -0.2) is 0 Å². The maximum atomic E-state index is 5.18. The Morgan fingerprint density at radius 2 is 1.09 bits per heavy atom. The zero-order valence-corrected chi connectivity index (χ0v) is 26.3. The van der Waals surface area contributed by atoms with Gasteiger partial charge in [-0.05, 0) is 11.5 Å². The van der Waals surface area contributed by atoms with E-state index in [2.05, 4.69) is 46.9 Å².